The number of rotatable bonds is 2. The van der Waals surface area contributed by atoms with Gasteiger partial charge in [0.25, 0.3) is 18.1 Å². The van der Waals surface area contributed by atoms with Crippen LogP contribution in [0.3, 0.4) is 0 Å². The van der Waals surface area contributed by atoms with Crippen molar-refractivity contribution in [1.82, 2.24) is 0 Å². The van der Waals surface area contributed by atoms with Crippen molar-refractivity contribution in [3.05, 3.63) is 0 Å². The van der Waals surface area contributed by atoms with Crippen molar-refractivity contribution in [1.29, 1.82) is 0 Å². The molecule has 0 heterocycles. The molecule has 0 aliphatic heterocycles. The molecule has 0 rings (SSSR count). The van der Waals surface area contributed by atoms with Crippen LogP contribution in [0.4, 0.5) is 0 Å². The molecule has 0 aromatic carbocycles. The van der Waals surface area contributed by atoms with E-state index in [0.717, 1.165) is 0 Å². The van der Waals surface area contributed by atoms with E-state index in [1.807, 2.05) is 0 Å². The van der Waals surface area contributed by atoms with Gasteiger partial charge >= 0.3 is 23.1 Å². The Morgan fingerprint density at radius 3 is 1.36 bits per heavy atom. The normalized spacial score (nSPS) is 19.8. The summed E-state index contributed by atoms with van der Waals surface area (Å²) in [4.78, 5) is 0. The maximum absolute atomic E-state index is 9.94. The predicted octanol–water partition coefficient (Wildman–Crippen LogP) is -0.887. The Balaban J connectivity index is -0.0000000533. The number of hydrogen-bond donors (Lipinski definition) is 2. The van der Waals surface area contributed by atoms with E-state index in [2.05, 4.69) is 26.0 Å². The summed E-state index contributed by atoms with van der Waals surface area (Å²) < 4.78 is 39.4. The van der Waals surface area contributed by atoms with Gasteiger partial charge in [-0.15, -0.1) is 3.63 Å². The van der Waals surface area contributed by atoms with Crippen LogP contribution >= 0.6 is 0 Å². The first-order chi connectivity index (χ1) is 3.71. The first-order valence-electron chi connectivity index (χ1n) is 1.37. The smallest absolute Gasteiger partial charge is 1.00 e. The molecule has 0 saturated heterocycles. The van der Waals surface area contributed by atoms with E-state index in [9.17, 15) is 8.42 Å². The zero-order valence-electron chi connectivity index (χ0n) is 6.81. The molecule has 0 bridgehead atoms. The molecule has 0 aliphatic carbocycles. The van der Waals surface area contributed by atoms with Crippen molar-refractivity contribution in [3.63, 3.8) is 0 Å². The average molecular weight is 292 g/mol. The minimum absolute atomic E-state index is 0. The zero-order chi connectivity index (χ0) is 7.71. The summed E-state index contributed by atoms with van der Waals surface area (Å²) in [6, 6.07) is 0. The summed E-state index contributed by atoms with van der Waals surface area (Å²) >= 11 is 7.38. The third-order valence-electron chi connectivity index (χ3n) is 0.172. The van der Waals surface area contributed by atoms with Crippen molar-refractivity contribution in [2.75, 3.05) is 0 Å². The van der Waals surface area contributed by atoms with Crippen LogP contribution in [0.5, 0.6) is 0 Å². The van der Waals surface area contributed by atoms with Gasteiger partial charge in [-0.1, -0.05) is 0 Å². The molecule has 0 radical (unpaired) electrons. The van der Waals surface area contributed by atoms with Crippen LogP contribution in [0.25, 0.3) is 0 Å². The molecular weight excluding hydrogens is 288 g/mol. The van der Waals surface area contributed by atoms with Gasteiger partial charge in [0.05, 0.1) is 0 Å². The van der Waals surface area contributed by atoms with E-state index in [0.29, 0.717) is 0 Å². The van der Waals surface area contributed by atoms with Gasteiger partial charge in [0.15, 0.2) is 0 Å². The van der Waals surface area contributed by atoms with E-state index in [1.54, 1.807) is 0 Å². The summed E-state index contributed by atoms with van der Waals surface area (Å²) in [5.74, 6) is 0. The maximum Gasteiger partial charge on any atom is 2.00 e. The summed E-state index contributed by atoms with van der Waals surface area (Å²) in [7, 11) is -8.16. The van der Waals surface area contributed by atoms with Crippen LogP contribution in [0.1, 0.15) is 2.85 Å². The Morgan fingerprint density at radius 1 is 1.18 bits per heavy atom. The molecule has 0 aromatic rings. The molecule has 0 aliphatic rings. The van der Waals surface area contributed by atoms with Gasteiger partial charge in [0.1, 0.15) is 0 Å². The molecule has 5 nitrogen and oxygen atoms in total. The van der Waals surface area contributed by atoms with E-state index >= 15 is 0 Å². The van der Waals surface area contributed by atoms with E-state index in [-0.39, 0.29) is 43.0 Å². The zero-order valence-corrected chi connectivity index (χ0v) is 10.6. The van der Waals surface area contributed by atoms with Gasteiger partial charge in [-0.3, -0.25) is 9.11 Å². The minimum atomic E-state index is -4.08. The Bertz CT molecular complexity index is 252. The first-order valence-corrected chi connectivity index (χ1v) is 6.10. The van der Waals surface area contributed by atoms with Crippen molar-refractivity contribution < 1.29 is 41.1 Å². The van der Waals surface area contributed by atoms with Crippen LogP contribution in [-0.2, 0) is 61.2 Å². The quantitative estimate of drug-likeness (QED) is 0.639. The standard InChI is InChI=1S/Fe.Mg.H2O5S4.2H/c;;1-8(2,6)5-9(3,4)7;;/h;;(H,1,2,6)(H,3,4,7);;/q;+2;;2*-1. The molecule has 0 unspecified atom stereocenters. The summed E-state index contributed by atoms with van der Waals surface area (Å²) in [5.41, 5.74) is 0. The second-order valence-electron chi connectivity index (χ2n) is 0.924. The van der Waals surface area contributed by atoms with Gasteiger partial charge < -0.3 is 2.85 Å². The van der Waals surface area contributed by atoms with Crippen LogP contribution in [-0.4, -0.2) is 40.6 Å². The van der Waals surface area contributed by atoms with Gasteiger partial charge in [-0.2, -0.15) is 8.42 Å². The van der Waals surface area contributed by atoms with E-state index in [4.69, 9.17) is 9.11 Å². The third kappa shape index (κ3) is 18.7. The van der Waals surface area contributed by atoms with Gasteiger partial charge in [0, 0.05) is 39.4 Å². The van der Waals surface area contributed by atoms with Gasteiger partial charge in [-0.05, 0) is 0 Å². The Hall–Kier alpha value is 1.91. The third-order valence-corrected chi connectivity index (χ3v) is 2.55. The molecule has 0 fully saturated rings. The second-order valence-corrected chi connectivity index (χ2v) is 5.71. The second kappa shape index (κ2) is 6.37. The summed E-state index contributed by atoms with van der Waals surface area (Å²) in [5, 5.41) is 0. The van der Waals surface area contributed by atoms with Crippen molar-refractivity contribution in [2.45, 2.75) is 0 Å². The molecule has 0 saturated carbocycles. The maximum atomic E-state index is 9.94. The molecule has 0 amide bonds. The SMILES string of the molecule is O=S(O)(=S)OS(=O)(O)=S.[Fe].[H-].[H-].[Mg+2]. The number of hydrogen-bond acceptors (Lipinski definition) is 5. The van der Waals surface area contributed by atoms with Crippen LogP contribution in [0.2, 0.25) is 0 Å². The molecule has 11 heteroatoms. The molecule has 68 valence electrons. The fourth-order valence-corrected chi connectivity index (χ4v) is 2.65. The monoisotopic (exact) mass is 292 g/mol. The summed E-state index contributed by atoms with van der Waals surface area (Å²) in [6.45, 7) is 0. The van der Waals surface area contributed by atoms with Crippen LogP contribution < -0.4 is 0 Å². The fourth-order valence-electron chi connectivity index (χ4n) is 0.109. The van der Waals surface area contributed by atoms with Gasteiger partial charge in [0.2, 0.25) is 0 Å². The van der Waals surface area contributed by atoms with Crippen LogP contribution in [0, 0.1) is 0 Å². The molecule has 11 heavy (non-hydrogen) atoms. The Labute approximate surface area is 104 Å². The van der Waals surface area contributed by atoms with Crippen molar-refractivity contribution >= 4 is 63.5 Å². The van der Waals surface area contributed by atoms with Gasteiger partial charge in [-0.25, -0.2) is 0 Å². The Kier molecular flexibility index (Phi) is 10.8. The summed E-state index contributed by atoms with van der Waals surface area (Å²) in [6.07, 6.45) is 0. The topological polar surface area (TPSA) is 83.8 Å². The first kappa shape index (κ1) is 18.6. The minimum Gasteiger partial charge on any atom is -1.00 e. The molecular formula is H4FeMgO5S4. The van der Waals surface area contributed by atoms with Crippen molar-refractivity contribution in [2.24, 2.45) is 0 Å². The van der Waals surface area contributed by atoms with E-state index < -0.39 is 18.1 Å². The largest absolute Gasteiger partial charge is 2.00 e. The van der Waals surface area contributed by atoms with Crippen LogP contribution in [0.15, 0.2) is 0 Å². The Morgan fingerprint density at radius 2 is 1.36 bits per heavy atom. The average Bonchev–Trinajstić information content (AvgIpc) is 1.14. The van der Waals surface area contributed by atoms with E-state index in [1.165, 1.54) is 0 Å². The molecule has 0 aromatic heterocycles. The van der Waals surface area contributed by atoms with Crippen molar-refractivity contribution in [3.8, 4) is 0 Å². The molecule has 2 N–H and O–H groups in total. The molecule has 0 atom stereocenters. The molecule has 0 spiro atoms. The fraction of sp³-hybridized carbons (Fsp3) is 0. The predicted molar refractivity (Wildman–Crippen MR) is 45.3 cm³/mol.